The van der Waals surface area contributed by atoms with Crippen LogP contribution in [0, 0.1) is 0 Å². The van der Waals surface area contributed by atoms with E-state index in [1.165, 1.54) is 18.2 Å². The molecule has 0 saturated heterocycles. The first-order chi connectivity index (χ1) is 20.9. The zero-order valence-corrected chi connectivity index (χ0v) is 22.5. The minimum Gasteiger partial charge on any atom is -0.267 e. The van der Waals surface area contributed by atoms with Gasteiger partial charge < -0.3 is 0 Å². The Labute approximate surface area is 243 Å². The minimum atomic E-state index is -4.63. The van der Waals surface area contributed by atoms with Crippen molar-refractivity contribution in [2.24, 2.45) is 0 Å². The van der Waals surface area contributed by atoms with E-state index < -0.39 is 17.3 Å². The van der Waals surface area contributed by atoms with Gasteiger partial charge in [0.2, 0.25) is 0 Å². The van der Waals surface area contributed by atoms with E-state index in [9.17, 15) is 18.0 Å². The van der Waals surface area contributed by atoms with Gasteiger partial charge in [-0.25, -0.2) is 9.97 Å². The molecule has 0 saturated carbocycles. The molecular formula is C35H21F3N4O. The van der Waals surface area contributed by atoms with E-state index in [1.807, 2.05) is 66.7 Å². The summed E-state index contributed by atoms with van der Waals surface area (Å²) in [7, 11) is 0. The van der Waals surface area contributed by atoms with Crippen LogP contribution in [-0.2, 0) is 6.18 Å². The molecule has 0 fully saturated rings. The number of halogens is 3. The summed E-state index contributed by atoms with van der Waals surface area (Å²) >= 11 is 0. The summed E-state index contributed by atoms with van der Waals surface area (Å²) in [6, 6.07) is 35.0. The standard InChI is InChI=1S/C35H21F3N4O/c36-35(37,38)30-15-7-6-12-26(30)29-21-25-11-8-20-39-32(25)40-33(29)42-34(43)28-14-5-4-13-27(28)31(41-42)24-18-16-23(17-19-24)22-9-2-1-3-10-22/h1-21H. The molecule has 0 atom stereocenters. The van der Waals surface area contributed by atoms with Crippen LogP contribution in [0.1, 0.15) is 5.56 Å². The highest BCUT2D eigenvalue weighted by Gasteiger charge is 2.34. The molecular weight excluding hydrogens is 549 g/mol. The summed E-state index contributed by atoms with van der Waals surface area (Å²) in [6.07, 6.45) is -3.09. The molecule has 4 aromatic carbocycles. The summed E-state index contributed by atoms with van der Waals surface area (Å²) < 4.78 is 43.7. The molecule has 0 unspecified atom stereocenters. The molecule has 208 valence electrons. The van der Waals surface area contributed by atoms with E-state index in [0.717, 1.165) is 27.4 Å². The first-order valence-corrected chi connectivity index (χ1v) is 13.5. The number of hydrogen-bond donors (Lipinski definition) is 0. The SMILES string of the molecule is O=c1c2ccccc2c(-c2ccc(-c3ccccc3)cc2)nn1-c1nc2ncccc2cc1-c1ccccc1C(F)(F)F. The molecule has 0 aliphatic carbocycles. The maximum absolute atomic E-state index is 14.2. The Morgan fingerprint density at radius 1 is 0.628 bits per heavy atom. The van der Waals surface area contributed by atoms with E-state index in [1.54, 1.807) is 36.5 Å². The van der Waals surface area contributed by atoms with E-state index in [-0.39, 0.29) is 22.6 Å². The highest BCUT2D eigenvalue weighted by molar-refractivity contribution is 5.95. The third kappa shape index (κ3) is 4.72. The van der Waals surface area contributed by atoms with Crippen molar-refractivity contribution in [1.29, 1.82) is 0 Å². The molecule has 0 radical (unpaired) electrons. The number of benzene rings is 4. The average molecular weight is 571 g/mol. The van der Waals surface area contributed by atoms with Crippen LogP contribution >= 0.6 is 0 Å². The van der Waals surface area contributed by atoms with Gasteiger partial charge in [0.05, 0.1) is 16.6 Å². The molecule has 7 aromatic rings. The zero-order chi connectivity index (χ0) is 29.6. The highest BCUT2D eigenvalue weighted by Crippen LogP contribution is 2.39. The Kier molecular flexibility index (Phi) is 6.31. The van der Waals surface area contributed by atoms with Crippen molar-refractivity contribution < 1.29 is 13.2 Å². The summed E-state index contributed by atoms with van der Waals surface area (Å²) in [5.41, 5.74) is 2.23. The predicted molar refractivity (Wildman–Crippen MR) is 162 cm³/mol. The molecule has 7 rings (SSSR count). The monoisotopic (exact) mass is 570 g/mol. The number of hydrogen-bond acceptors (Lipinski definition) is 4. The normalized spacial score (nSPS) is 11.7. The quantitative estimate of drug-likeness (QED) is 0.213. The minimum absolute atomic E-state index is 0.0409. The van der Waals surface area contributed by atoms with Crippen molar-refractivity contribution in [3.05, 3.63) is 143 Å². The van der Waals surface area contributed by atoms with Crippen LogP contribution in [0.5, 0.6) is 0 Å². The van der Waals surface area contributed by atoms with Gasteiger partial charge in [-0.3, -0.25) is 4.79 Å². The molecule has 8 heteroatoms. The zero-order valence-electron chi connectivity index (χ0n) is 22.5. The van der Waals surface area contributed by atoms with Gasteiger partial charge in [0, 0.05) is 28.1 Å². The number of fused-ring (bicyclic) bond motifs is 2. The van der Waals surface area contributed by atoms with Crippen molar-refractivity contribution in [3.8, 4) is 39.3 Å². The molecule has 3 heterocycles. The lowest BCUT2D eigenvalue weighted by atomic mass is 9.98. The molecule has 43 heavy (non-hydrogen) atoms. The maximum Gasteiger partial charge on any atom is 0.417 e. The lowest BCUT2D eigenvalue weighted by Crippen LogP contribution is -2.24. The van der Waals surface area contributed by atoms with E-state index >= 15 is 0 Å². The summed E-state index contributed by atoms with van der Waals surface area (Å²) in [6.45, 7) is 0. The van der Waals surface area contributed by atoms with Gasteiger partial charge in [-0.15, -0.1) is 0 Å². The first-order valence-electron chi connectivity index (χ1n) is 13.5. The third-order valence-corrected chi connectivity index (χ3v) is 7.36. The van der Waals surface area contributed by atoms with Crippen LogP contribution in [0.2, 0.25) is 0 Å². The van der Waals surface area contributed by atoms with Crippen molar-refractivity contribution in [2.75, 3.05) is 0 Å². The molecule has 0 spiro atoms. The second-order valence-corrected chi connectivity index (χ2v) is 10.0. The fourth-order valence-electron chi connectivity index (χ4n) is 5.32. The summed E-state index contributed by atoms with van der Waals surface area (Å²) in [5.74, 6) is -0.0409. The Hall–Kier alpha value is -5.63. The van der Waals surface area contributed by atoms with Crippen molar-refractivity contribution >= 4 is 21.8 Å². The largest absolute Gasteiger partial charge is 0.417 e. The molecule has 0 N–H and O–H groups in total. The Balaban J connectivity index is 1.51. The van der Waals surface area contributed by atoms with Crippen LogP contribution in [-0.4, -0.2) is 19.7 Å². The molecule has 0 bridgehead atoms. The second kappa shape index (κ2) is 10.3. The van der Waals surface area contributed by atoms with Crippen LogP contribution in [0.25, 0.3) is 61.1 Å². The molecule has 3 aromatic heterocycles. The van der Waals surface area contributed by atoms with Crippen LogP contribution in [0.15, 0.2) is 132 Å². The fourth-order valence-corrected chi connectivity index (χ4v) is 5.32. The van der Waals surface area contributed by atoms with Gasteiger partial charge in [-0.1, -0.05) is 91.0 Å². The second-order valence-electron chi connectivity index (χ2n) is 10.0. The molecule has 5 nitrogen and oxygen atoms in total. The van der Waals surface area contributed by atoms with Crippen molar-refractivity contribution in [3.63, 3.8) is 0 Å². The van der Waals surface area contributed by atoms with Crippen LogP contribution in [0.3, 0.4) is 0 Å². The smallest absolute Gasteiger partial charge is 0.267 e. The number of pyridine rings is 2. The van der Waals surface area contributed by atoms with E-state index in [4.69, 9.17) is 5.10 Å². The van der Waals surface area contributed by atoms with Gasteiger partial charge in [-0.2, -0.15) is 23.0 Å². The van der Waals surface area contributed by atoms with Gasteiger partial charge >= 0.3 is 6.18 Å². The van der Waals surface area contributed by atoms with E-state index in [0.29, 0.717) is 21.9 Å². The van der Waals surface area contributed by atoms with Gasteiger partial charge in [0.25, 0.3) is 5.56 Å². The summed E-state index contributed by atoms with van der Waals surface area (Å²) in [5, 5.41) is 6.27. The Morgan fingerprint density at radius 3 is 2.05 bits per heavy atom. The summed E-state index contributed by atoms with van der Waals surface area (Å²) in [4.78, 5) is 22.9. The fraction of sp³-hybridized carbons (Fsp3) is 0.0286. The number of rotatable bonds is 4. The Bertz CT molecular complexity index is 2190. The number of alkyl halides is 3. The lowest BCUT2D eigenvalue weighted by Gasteiger charge is -2.17. The van der Waals surface area contributed by atoms with Crippen molar-refractivity contribution in [2.45, 2.75) is 6.18 Å². The number of aromatic nitrogens is 4. The van der Waals surface area contributed by atoms with Gasteiger partial charge in [0.15, 0.2) is 11.5 Å². The first kappa shape index (κ1) is 26.3. The molecule has 0 amide bonds. The molecule has 0 aliphatic rings. The van der Waals surface area contributed by atoms with Crippen molar-refractivity contribution in [1.82, 2.24) is 19.7 Å². The van der Waals surface area contributed by atoms with Gasteiger partial charge in [-0.05, 0) is 47.0 Å². The Morgan fingerprint density at radius 2 is 1.28 bits per heavy atom. The van der Waals surface area contributed by atoms with Crippen LogP contribution in [0.4, 0.5) is 13.2 Å². The number of nitrogens with zero attached hydrogens (tertiary/aromatic N) is 4. The predicted octanol–water partition coefficient (Wildman–Crippen LogP) is 8.35. The highest BCUT2D eigenvalue weighted by atomic mass is 19.4. The average Bonchev–Trinajstić information content (AvgIpc) is 3.05. The van der Waals surface area contributed by atoms with Crippen LogP contribution < -0.4 is 5.56 Å². The third-order valence-electron chi connectivity index (χ3n) is 7.36. The lowest BCUT2D eigenvalue weighted by molar-refractivity contribution is -0.137. The van der Waals surface area contributed by atoms with Gasteiger partial charge in [0.1, 0.15) is 0 Å². The molecule has 0 aliphatic heterocycles. The topological polar surface area (TPSA) is 60.7 Å². The maximum atomic E-state index is 14.2. The van der Waals surface area contributed by atoms with E-state index in [2.05, 4.69) is 9.97 Å².